The molecule has 0 bridgehead atoms. The molecule has 1 aliphatic carbocycles. The Hall–Kier alpha value is -0.350. The van der Waals surface area contributed by atoms with E-state index < -0.39 is 0 Å². The summed E-state index contributed by atoms with van der Waals surface area (Å²) in [6.07, 6.45) is 6.50. The summed E-state index contributed by atoms with van der Waals surface area (Å²) in [6, 6.07) is 0. The van der Waals surface area contributed by atoms with E-state index in [1.54, 1.807) is 0 Å². The minimum atomic E-state index is 0.329. The maximum atomic E-state index is 5.86. The number of aromatic nitrogens is 2. The molecule has 0 N–H and O–H groups in total. The number of hydrogen-bond donors (Lipinski definition) is 0. The zero-order chi connectivity index (χ0) is 11.4. The molecule has 0 saturated heterocycles. The van der Waals surface area contributed by atoms with Gasteiger partial charge in [0.1, 0.15) is 11.1 Å². The van der Waals surface area contributed by atoms with Gasteiger partial charge in [0, 0.05) is 0 Å². The number of hydrogen-bond acceptors (Lipinski definition) is 4. The Morgan fingerprint density at radius 1 is 1.44 bits per heavy atom. The highest BCUT2D eigenvalue weighted by Gasteiger charge is 2.23. The van der Waals surface area contributed by atoms with Crippen LogP contribution in [0, 0.1) is 5.92 Å². The van der Waals surface area contributed by atoms with Crippen LogP contribution in [0.4, 0.5) is 0 Å². The lowest BCUT2D eigenvalue weighted by atomic mass is 9.86. The second kappa shape index (κ2) is 5.82. The van der Waals surface area contributed by atoms with Crippen molar-refractivity contribution >= 4 is 22.9 Å². The van der Waals surface area contributed by atoms with Crippen LogP contribution in [-0.4, -0.2) is 16.3 Å². The molecule has 2 atom stereocenters. The highest BCUT2D eigenvalue weighted by atomic mass is 35.5. The van der Waals surface area contributed by atoms with Crippen LogP contribution >= 0.6 is 22.9 Å². The third kappa shape index (κ3) is 3.08. The van der Waals surface area contributed by atoms with Crippen molar-refractivity contribution in [1.82, 2.24) is 10.2 Å². The highest BCUT2D eigenvalue weighted by molar-refractivity contribution is 7.13. The SMILES string of the molecule is CCC1CCCC(Oc2nnc(CCl)s2)C1. The first-order chi connectivity index (χ1) is 7.81. The van der Waals surface area contributed by atoms with E-state index in [0.29, 0.717) is 17.2 Å². The third-order valence-corrected chi connectivity index (χ3v) is 4.37. The van der Waals surface area contributed by atoms with Crippen LogP contribution in [0.15, 0.2) is 0 Å². The molecule has 0 amide bonds. The minimum absolute atomic E-state index is 0.329. The van der Waals surface area contributed by atoms with Gasteiger partial charge in [0.2, 0.25) is 0 Å². The van der Waals surface area contributed by atoms with Gasteiger partial charge in [0.15, 0.2) is 0 Å². The number of rotatable bonds is 4. The van der Waals surface area contributed by atoms with E-state index in [1.165, 1.54) is 30.6 Å². The second-order valence-electron chi connectivity index (χ2n) is 4.28. The highest BCUT2D eigenvalue weighted by Crippen LogP contribution is 2.30. The predicted molar refractivity (Wildman–Crippen MR) is 66.1 cm³/mol. The van der Waals surface area contributed by atoms with Gasteiger partial charge in [-0.05, 0) is 25.2 Å². The zero-order valence-corrected chi connectivity index (χ0v) is 11.1. The molecule has 3 nitrogen and oxygen atoms in total. The Bertz CT molecular complexity index is 332. The Labute approximate surface area is 105 Å². The van der Waals surface area contributed by atoms with Gasteiger partial charge in [-0.15, -0.1) is 21.8 Å². The summed E-state index contributed by atoms with van der Waals surface area (Å²) < 4.78 is 5.86. The van der Waals surface area contributed by atoms with Crippen molar-refractivity contribution in [2.24, 2.45) is 5.92 Å². The van der Waals surface area contributed by atoms with E-state index in [-0.39, 0.29) is 0 Å². The van der Waals surface area contributed by atoms with E-state index in [9.17, 15) is 0 Å². The Morgan fingerprint density at radius 2 is 2.31 bits per heavy atom. The molecule has 2 rings (SSSR count). The van der Waals surface area contributed by atoms with Crippen LogP contribution in [0.1, 0.15) is 44.0 Å². The molecule has 0 radical (unpaired) electrons. The smallest absolute Gasteiger partial charge is 0.294 e. The molecule has 90 valence electrons. The van der Waals surface area contributed by atoms with E-state index >= 15 is 0 Å². The normalized spacial score (nSPS) is 25.6. The molecule has 1 aliphatic rings. The lowest BCUT2D eigenvalue weighted by Gasteiger charge is -2.27. The molecular weight excluding hydrogens is 244 g/mol. The second-order valence-corrected chi connectivity index (χ2v) is 5.57. The van der Waals surface area contributed by atoms with Crippen molar-refractivity contribution in [3.05, 3.63) is 5.01 Å². The van der Waals surface area contributed by atoms with Gasteiger partial charge >= 0.3 is 0 Å². The van der Waals surface area contributed by atoms with Crippen LogP contribution < -0.4 is 4.74 Å². The van der Waals surface area contributed by atoms with Crippen molar-refractivity contribution in [2.75, 3.05) is 0 Å². The maximum Gasteiger partial charge on any atom is 0.294 e. The summed E-state index contributed by atoms with van der Waals surface area (Å²) in [4.78, 5) is 0. The summed E-state index contributed by atoms with van der Waals surface area (Å²) in [6.45, 7) is 2.25. The summed E-state index contributed by atoms with van der Waals surface area (Å²) in [5.41, 5.74) is 0. The first kappa shape index (κ1) is 12.1. The Balaban J connectivity index is 1.88. The summed E-state index contributed by atoms with van der Waals surface area (Å²) >= 11 is 7.14. The van der Waals surface area contributed by atoms with Gasteiger partial charge in [-0.25, -0.2) is 0 Å². The molecule has 2 unspecified atom stereocenters. The fraction of sp³-hybridized carbons (Fsp3) is 0.818. The molecule has 16 heavy (non-hydrogen) atoms. The van der Waals surface area contributed by atoms with Crippen molar-refractivity contribution in [2.45, 2.75) is 51.0 Å². The van der Waals surface area contributed by atoms with Gasteiger partial charge in [-0.3, -0.25) is 0 Å². The molecule has 0 aromatic carbocycles. The topological polar surface area (TPSA) is 35.0 Å². The Kier molecular flexibility index (Phi) is 4.41. The lowest BCUT2D eigenvalue weighted by molar-refractivity contribution is 0.121. The average molecular weight is 261 g/mol. The lowest BCUT2D eigenvalue weighted by Crippen LogP contribution is -2.25. The summed E-state index contributed by atoms with van der Waals surface area (Å²) in [5.74, 6) is 1.24. The van der Waals surface area contributed by atoms with Crippen molar-refractivity contribution in [3.8, 4) is 5.19 Å². The van der Waals surface area contributed by atoms with Gasteiger partial charge in [0.05, 0.1) is 5.88 Å². The molecular formula is C11H17ClN2OS. The number of ether oxygens (including phenoxy) is 1. The molecule has 0 aliphatic heterocycles. The van der Waals surface area contributed by atoms with Crippen molar-refractivity contribution < 1.29 is 4.74 Å². The molecule has 1 fully saturated rings. The Morgan fingerprint density at radius 3 is 3.00 bits per heavy atom. The quantitative estimate of drug-likeness (QED) is 0.776. The number of alkyl halides is 1. The van der Waals surface area contributed by atoms with Gasteiger partial charge in [-0.1, -0.05) is 31.1 Å². The molecule has 1 heterocycles. The first-order valence-electron chi connectivity index (χ1n) is 5.86. The van der Waals surface area contributed by atoms with Gasteiger partial charge in [0.25, 0.3) is 5.19 Å². The number of nitrogens with zero attached hydrogens (tertiary/aromatic N) is 2. The molecule has 5 heteroatoms. The summed E-state index contributed by atoms with van der Waals surface area (Å²) in [7, 11) is 0. The van der Waals surface area contributed by atoms with E-state index in [2.05, 4.69) is 17.1 Å². The molecule has 0 spiro atoms. The largest absolute Gasteiger partial charge is 0.466 e. The van der Waals surface area contributed by atoms with Crippen LogP contribution in [0.25, 0.3) is 0 Å². The molecule has 1 aromatic heterocycles. The van der Waals surface area contributed by atoms with Crippen LogP contribution in [0.5, 0.6) is 5.19 Å². The molecule has 1 aromatic rings. The average Bonchev–Trinajstić information content (AvgIpc) is 2.77. The fourth-order valence-corrected chi connectivity index (χ4v) is 3.02. The van der Waals surface area contributed by atoms with Gasteiger partial charge in [-0.2, -0.15) is 0 Å². The van der Waals surface area contributed by atoms with Crippen LogP contribution in [0.3, 0.4) is 0 Å². The maximum absolute atomic E-state index is 5.86. The predicted octanol–water partition coefficient (Wildman–Crippen LogP) is 3.62. The van der Waals surface area contributed by atoms with E-state index in [0.717, 1.165) is 23.8 Å². The molecule has 1 saturated carbocycles. The minimum Gasteiger partial charge on any atom is -0.466 e. The van der Waals surface area contributed by atoms with Crippen LogP contribution in [0.2, 0.25) is 0 Å². The third-order valence-electron chi connectivity index (χ3n) is 3.14. The summed E-state index contributed by atoms with van der Waals surface area (Å²) in [5, 5.41) is 9.46. The van der Waals surface area contributed by atoms with Crippen LogP contribution in [-0.2, 0) is 5.88 Å². The van der Waals surface area contributed by atoms with Crippen molar-refractivity contribution in [1.29, 1.82) is 0 Å². The standard InChI is InChI=1S/C11H17ClN2OS/c1-2-8-4-3-5-9(6-8)15-11-14-13-10(7-12)16-11/h8-9H,2-7H2,1H3. The monoisotopic (exact) mass is 260 g/mol. The number of halogens is 1. The zero-order valence-electron chi connectivity index (χ0n) is 9.49. The van der Waals surface area contributed by atoms with E-state index in [4.69, 9.17) is 16.3 Å². The van der Waals surface area contributed by atoms with Gasteiger partial charge < -0.3 is 4.74 Å². The fourth-order valence-electron chi connectivity index (χ4n) is 2.20. The van der Waals surface area contributed by atoms with E-state index in [1.807, 2.05) is 0 Å². The first-order valence-corrected chi connectivity index (χ1v) is 7.22. The van der Waals surface area contributed by atoms with Crippen molar-refractivity contribution in [3.63, 3.8) is 0 Å².